The van der Waals surface area contributed by atoms with Gasteiger partial charge in [-0.15, -0.1) is 0 Å². The number of carbonyl (C=O) groups excluding carboxylic acids is 2. The van der Waals surface area contributed by atoms with Crippen molar-refractivity contribution in [3.8, 4) is 0 Å². The number of rotatable bonds is 5. The van der Waals surface area contributed by atoms with E-state index < -0.39 is 0 Å². The highest BCUT2D eigenvalue weighted by Crippen LogP contribution is 2.36. The molecule has 1 aliphatic carbocycles. The minimum Gasteiger partial charge on any atom is -0.461 e. The molecule has 1 heterocycles. The molecule has 4 nitrogen and oxygen atoms in total. The van der Waals surface area contributed by atoms with Gasteiger partial charge in [0.05, 0.1) is 6.61 Å². The van der Waals surface area contributed by atoms with Crippen LogP contribution in [0.3, 0.4) is 0 Å². The number of H-pyrrole nitrogens is 1. The minimum atomic E-state index is -0.362. The summed E-state index contributed by atoms with van der Waals surface area (Å²) >= 11 is 0. The van der Waals surface area contributed by atoms with Crippen molar-refractivity contribution in [2.45, 2.75) is 71.6 Å². The summed E-state index contributed by atoms with van der Waals surface area (Å²) in [5, 5.41) is 0. The van der Waals surface area contributed by atoms with Crippen LogP contribution in [0.4, 0.5) is 0 Å². The molecule has 1 unspecified atom stereocenters. The molecule has 0 saturated heterocycles. The maximum absolute atomic E-state index is 12.8. The topological polar surface area (TPSA) is 59.2 Å². The zero-order chi connectivity index (χ0) is 20.5. The molecule has 0 aliphatic heterocycles. The fourth-order valence-electron chi connectivity index (χ4n) is 3.91. The molecular weight excluding hydrogens is 350 g/mol. The molecule has 0 radical (unpaired) electrons. The third-order valence-corrected chi connectivity index (χ3v) is 5.67. The molecular formula is C24H31NO3. The van der Waals surface area contributed by atoms with E-state index in [0.717, 1.165) is 30.5 Å². The predicted molar refractivity (Wildman–Crippen MR) is 111 cm³/mol. The average Bonchev–Trinajstić information content (AvgIpc) is 2.98. The molecule has 0 saturated carbocycles. The van der Waals surface area contributed by atoms with Crippen LogP contribution >= 0.6 is 0 Å². The van der Waals surface area contributed by atoms with Gasteiger partial charge in [0, 0.05) is 17.7 Å². The standard InChI is InChI=1S/C24H31NO3/c1-6-7-12-28-23(27)22-15(2)21-19(25-22)13-17(14-20(21)26)16-8-10-18(11-9-16)24(3,4)5/h8-11,17,25H,6-7,12-14H2,1-5H3. The highest BCUT2D eigenvalue weighted by molar-refractivity contribution is 6.03. The van der Waals surface area contributed by atoms with Crippen LogP contribution in [0.15, 0.2) is 24.3 Å². The van der Waals surface area contributed by atoms with Crippen LogP contribution in [0, 0.1) is 6.92 Å². The van der Waals surface area contributed by atoms with Crippen molar-refractivity contribution in [2.24, 2.45) is 0 Å². The van der Waals surface area contributed by atoms with Crippen LogP contribution in [-0.4, -0.2) is 23.3 Å². The van der Waals surface area contributed by atoms with Gasteiger partial charge < -0.3 is 9.72 Å². The van der Waals surface area contributed by atoms with E-state index in [0.29, 0.717) is 24.3 Å². The van der Waals surface area contributed by atoms with Crippen LogP contribution in [0.25, 0.3) is 0 Å². The van der Waals surface area contributed by atoms with Crippen LogP contribution in [0.5, 0.6) is 0 Å². The molecule has 0 bridgehead atoms. The van der Waals surface area contributed by atoms with E-state index in [1.54, 1.807) is 0 Å². The third-order valence-electron chi connectivity index (χ3n) is 5.67. The van der Waals surface area contributed by atoms with Gasteiger partial charge >= 0.3 is 5.97 Å². The Balaban J connectivity index is 1.82. The number of Topliss-reactive ketones (excluding diaryl/α,β-unsaturated/α-hetero) is 1. The maximum atomic E-state index is 12.8. The number of fused-ring (bicyclic) bond motifs is 1. The van der Waals surface area contributed by atoms with E-state index in [-0.39, 0.29) is 23.1 Å². The Kier molecular flexibility index (Phi) is 5.78. The summed E-state index contributed by atoms with van der Waals surface area (Å²) < 4.78 is 5.34. The molecule has 1 atom stereocenters. The lowest BCUT2D eigenvalue weighted by molar-refractivity contribution is 0.0492. The van der Waals surface area contributed by atoms with Crippen molar-refractivity contribution in [1.82, 2.24) is 4.98 Å². The lowest BCUT2D eigenvalue weighted by atomic mass is 9.80. The molecule has 1 aliphatic rings. The smallest absolute Gasteiger partial charge is 0.355 e. The SMILES string of the molecule is CCCCOC(=O)c1[nH]c2c(c1C)C(=O)CC(c1ccc(C(C)(C)C)cc1)C2. The highest BCUT2D eigenvalue weighted by Gasteiger charge is 2.32. The molecule has 0 spiro atoms. The Morgan fingerprint density at radius 1 is 1.18 bits per heavy atom. The number of ketones is 1. The zero-order valence-corrected chi connectivity index (χ0v) is 17.6. The van der Waals surface area contributed by atoms with Gasteiger partial charge in [-0.2, -0.15) is 0 Å². The summed E-state index contributed by atoms with van der Waals surface area (Å²) in [6.07, 6.45) is 3.03. The Bertz CT molecular complexity index is 868. The Labute approximate surface area is 167 Å². The Morgan fingerprint density at radius 2 is 1.86 bits per heavy atom. The van der Waals surface area contributed by atoms with Gasteiger partial charge in [0.2, 0.25) is 0 Å². The number of hydrogen-bond acceptors (Lipinski definition) is 3. The van der Waals surface area contributed by atoms with Gasteiger partial charge in [0.15, 0.2) is 5.78 Å². The van der Waals surface area contributed by atoms with E-state index in [1.807, 2.05) is 6.92 Å². The zero-order valence-electron chi connectivity index (χ0n) is 17.6. The molecule has 2 aromatic rings. The van der Waals surface area contributed by atoms with E-state index >= 15 is 0 Å². The summed E-state index contributed by atoms with van der Waals surface area (Å²) in [5.74, 6) is -0.122. The number of carbonyl (C=O) groups is 2. The molecule has 0 fully saturated rings. The van der Waals surface area contributed by atoms with E-state index in [4.69, 9.17) is 4.74 Å². The fourth-order valence-corrected chi connectivity index (χ4v) is 3.91. The van der Waals surface area contributed by atoms with Crippen molar-refractivity contribution >= 4 is 11.8 Å². The van der Waals surface area contributed by atoms with Crippen molar-refractivity contribution in [3.63, 3.8) is 0 Å². The molecule has 28 heavy (non-hydrogen) atoms. The first-order valence-electron chi connectivity index (χ1n) is 10.2. The number of esters is 1. The summed E-state index contributed by atoms with van der Waals surface area (Å²) in [5.41, 5.74) is 5.27. The summed E-state index contributed by atoms with van der Waals surface area (Å²) in [6, 6.07) is 8.59. The van der Waals surface area contributed by atoms with E-state index in [9.17, 15) is 9.59 Å². The highest BCUT2D eigenvalue weighted by atomic mass is 16.5. The Hall–Kier alpha value is -2.36. The van der Waals surface area contributed by atoms with Crippen molar-refractivity contribution in [3.05, 3.63) is 57.9 Å². The van der Waals surface area contributed by atoms with Crippen molar-refractivity contribution < 1.29 is 14.3 Å². The summed E-state index contributed by atoms with van der Waals surface area (Å²) in [4.78, 5) is 28.4. The third kappa shape index (κ3) is 4.06. The average molecular weight is 382 g/mol. The van der Waals surface area contributed by atoms with Gasteiger partial charge in [-0.3, -0.25) is 4.79 Å². The number of benzene rings is 1. The molecule has 1 N–H and O–H groups in total. The number of nitrogens with one attached hydrogen (secondary N) is 1. The molecule has 3 rings (SSSR count). The number of aromatic amines is 1. The van der Waals surface area contributed by atoms with Gasteiger partial charge in [-0.25, -0.2) is 4.79 Å². The molecule has 0 amide bonds. The second-order valence-corrected chi connectivity index (χ2v) is 8.87. The molecule has 4 heteroatoms. The predicted octanol–water partition coefficient (Wildman–Crippen LogP) is 5.49. The van der Waals surface area contributed by atoms with E-state index in [2.05, 4.69) is 56.9 Å². The number of aromatic nitrogens is 1. The van der Waals surface area contributed by atoms with E-state index in [1.165, 1.54) is 11.1 Å². The first-order chi connectivity index (χ1) is 13.2. The number of hydrogen-bond donors (Lipinski definition) is 1. The Morgan fingerprint density at radius 3 is 2.46 bits per heavy atom. The van der Waals surface area contributed by atoms with Crippen LogP contribution in [0.2, 0.25) is 0 Å². The lowest BCUT2D eigenvalue weighted by Crippen LogP contribution is -2.19. The monoisotopic (exact) mass is 381 g/mol. The largest absolute Gasteiger partial charge is 0.461 e. The van der Waals surface area contributed by atoms with Crippen LogP contribution in [-0.2, 0) is 16.6 Å². The molecule has 1 aromatic heterocycles. The fraction of sp³-hybridized carbons (Fsp3) is 0.500. The molecule has 150 valence electrons. The van der Waals surface area contributed by atoms with Crippen molar-refractivity contribution in [2.75, 3.05) is 6.61 Å². The summed E-state index contributed by atoms with van der Waals surface area (Å²) in [7, 11) is 0. The first kappa shape index (κ1) is 20.4. The maximum Gasteiger partial charge on any atom is 0.355 e. The lowest BCUT2D eigenvalue weighted by Gasteiger charge is -2.24. The number of unbranched alkanes of at least 4 members (excludes halogenated alkanes) is 1. The number of ether oxygens (including phenoxy) is 1. The van der Waals surface area contributed by atoms with Gasteiger partial charge in [-0.05, 0) is 47.8 Å². The normalized spacial score (nSPS) is 16.8. The second-order valence-electron chi connectivity index (χ2n) is 8.87. The quantitative estimate of drug-likeness (QED) is 0.550. The first-order valence-corrected chi connectivity index (χ1v) is 10.2. The van der Waals surface area contributed by atoms with Gasteiger partial charge in [0.1, 0.15) is 5.69 Å². The van der Waals surface area contributed by atoms with Crippen LogP contribution < -0.4 is 0 Å². The van der Waals surface area contributed by atoms with Gasteiger partial charge in [-0.1, -0.05) is 58.4 Å². The van der Waals surface area contributed by atoms with Crippen molar-refractivity contribution in [1.29, 1.82) is 0 Å². The van der Waals surface area contributed by atoms with Gasteiger partial charge in [0.25, 0.3) is 0 Å². The molecule has 1 aromatic carbocycles. The summed E-state index contributed by atoms with van der Waals surface area (Å²) in [6.45, 7) is 10.9. The second kappa shape index (κ2) is 7.94. The minimum absolute atomic E-state index is 0.104. The van der Waals surface area contributed by atoms with Crippen LogP contribution in [0.1, 0.15) is 96.1 Å².